The fraction of sp³-hybridized carbons (Fsp3) is 0.480. The van der Waals surface area contributed by atoms with Gasteiger partial charge in [-0.2, -0.15) is 0 Å². The molecule has 4 N–H and O–H groups in total. The number of aromatic nitrogens is 1. The molecule has 4 rings (SSSR count). The van der Waals surface area contributed by atoms with Crippen molar-refractivity contribution >= 4 is 27.2 Å². The van der Waals surface area contributed by atoms with E-state index in [1.54, 1.807) is 11.3 Å². The Labute approximate surface area is 189 Å². The quantitative estimate of drug-likeness (QED) is 0.321. The minimum absolute atomic E-state index is 0.600. The molecule has 2 atom stereocenters. The zero-order chi connectivity index (χ0) is 21.6. The van der Waals surface area contributed by atoms with Crippen molar-refractivity contribution in [3.8, 4) is 0 Å². The number of aliphatic hydroxyl groups excluding tert-OH is 1. The van der Waals surface area contributed by atoms with E-state index in [1.807, 2.05) is 18.2 Å². The van der Waals surface area contributed by atoms with Crippen LogP contribution < -0.4 is 11.1 Å². The molecule has 31 heavy (non-hydrogen) atoms. The van der Waals surface area contributed by atoms with Crippen LogP contribution >= 0.6 is 11.3 Å². The van der Waals surface area contributed by atoms with Gasteiger partial charge >= 0.3 is 0 Å². The van der Waals surface area contributed by atoms with Gasteiger partial charge in [0.25, 0.3) is 0 Å². The van der Waals surface area contributed by atoms with Crippen LogP contribution in [0.5, 0.6) is 0 Å². The van der Waals surface area contributed by atoms with E-state index in [2.05, 4.69) is 46.4 Å². The van der Waals surface area contributed by atoms with E-state index in [9.17, 15) is 5.11 Å². The van der Waals surface area contributed by atoms with Gasteiger partial charge in [-0.05, 0) is 80.6 Å². The zero-order valence-electron chi connectivity index (χ0n) is 18.4. The van der Waals surface area contributed by atoms with Gasteiger partial charge in [-0.1, -0.05) is 43.3 Å². The number of benzene rings is 2. The first-order chi connectivity index (χ1) is 15.1. The molecule has 1 heterocycles. The number of nitrogens with one attached hydrogen (secondary N) is 1. The first kappa shape index (κ1) is 22.2. The molecule has 2 unspecified atom stereocenters. The standard InChI is InChI=1S/C25H34N4OS/c1-2-14-29(21-11-12-22-23(17-21)31-25(26)28-22)15-6-5-13-27-24(30)20-10-9-18-7-3-4-8-19(18)16-20/h3-4,7-10,16,21,24,27,30H,2,5-6,11-15,17H2,1H3,(H2,26,28). The largest absolute Gasteiger partial charge is 0.375 e. The van der Waals surface area contributed by atoms with Crippen LogP contribution in [0.3, 0.4) is 0 Å². The van der Waals surface area contributed by atoms with Crippen LogP contribution in [0.2, 0.25) is 0 Å². The van der Waals surface area contributed by atoms with Crippen molar-refractivity contribution < 1.29 is 5.11 Å². The Balaban J connectivity index is 1.23. The van der Waals surface area contributed by atoms with Crippen molar-refractivity contribution in [2.45, 2.75) is 57.7 Å². The van der Waals surface area contributed by atoms with Gasteiger partial charge in [-0.3, -0.25) is 5.32 Å². The molecule has 0 bridgehead atoms. The van der Waals surface area contributed by atoms with Gasteiger partial charge in [-0.25, -0.2) is 4.98 Å². The monoisotopic (exact) mass is 438 g/mol. The second kappa shape index (κ2) is 10.6. The van der Waals surface area contributed by atoms with Crippen LogP contribution in [0.15, 0.2) is 42.5 Å². The third-order valence-electron chi connectivity index (χ3n) is 6.26. The Hall–Kier alpha value is -1.99. The van der Waals surface area contributed by atoms with Crippen molar-refractivity contribution in [2.75, 3.05) is 25.4 Å². The van der Waals surface area contributed by atoms with Crippen LogP contribution in [0.4, 0.5) is 5.13 Å². The summed E-state index contributed by atoms with van der Waals surface area (Å²) in [6.07, 6.45) is 6.05. The number of rotatable bonds is 10. The fourth-order valence-corrected chi connectivity index (χ4v) is 5.58. The molecular formula is C25H34N4OS. The molecule has 1 aliphatic rings. The van der Waals surface area contributed by atoms with E-state index in [4.69, 9.17) is 5.73 Å². The van der Waals surface area contributed by atoms with Crippen molar-refractivity contribution in [3.05, 3.63) is 58.6 Å². The molecule has 5 nitrogen and oxygen atoms in total. The Morgan fingerprint density at radius 2 is 2.03 bits per heavy atom. The van der Waals surface area contributed by atoms with Gasteiger partial charge in [-0.15, -0.1) is 11.3 Å². The molecule has 0 spiro atoms. The molecule has 1 aromatic heterocycles. The Morgan fingerprint density at radius 3 is 2.87 bits per heavy atom. The second-order valence-corrected chi connectivity index (χ2v) is 9.64. The smallest absolute Gasteiger partial charge is 0.180 e. The minimum atomic E-state index is -0.620. The maximum atomic E-state index is 10.5. The number of unbranched alkanes of at least 4 members (excludes halogenated alkanes) is 1. The molecule has 0 saturated heterocycles. The number of aliphatic hydroxyl groups is 1. The average molecular weight is 439 g/mol. The third-order valence-corrected chi connectivity index (χ3v) is 7.21. The molecule has 166 valence electrons. The summed E-state index contributed by atoms with van der Waals surface area (Å²) in [5, 5.41) is 16.9. The first-order valence-corrected chi connectivity index (χ1v) is 12.3. The minimum Gasteiger partial charge on any atom is -0.375 e. The number of anilines is 1. The molecule has 0 amide bonds. The Bertz CT molecular complexity index is 989. The van der Waals surface area contributed by atoms with Crippen LogP contribution in [0, 0.1) is 0 Å². The normalized spacial score (nSPS) is 17.2. The molecular weight excluding hydrogens is 404 g/mol. The summed E-state index contributed by atoms with van der Waals surface area (Å²) in [7, 11) is 0. The van der Waals surface area contributed by atoms with Gasteiger partial charge in [0.2, 0.25) is 0 Å². The molecule has 1 aliphatic carbocycles. The summed E-state index contributed by atoms with van der Waals surface area (Å²) in [5.41, 5.74) is 8.06. The molecule has 0 saturated carbocycles. The number of nitrogens with zero attached hydrogens (tertiary/aromatic N) is 2. The highest BCUT2D eigenvalue weighted by Gasteiger charge is 2.26. The predicted octanol–water partition coefficient (Wildman–Crippen LogP) is 4.51. The summed E-state index contributed by atoms with van der Waals surface area (Å²) in [5.74, 6) is 0. The molecule has 0 fully saturated rings. The van der Waals surface area contributed by atoms with Crippen molar-refractivity contribution in [3.63, 3.8) is 0 Å². The van der Waals surface area contributed by atoms with Crippen LogP contribution in [-0.4, -0.2) is 40.7 Å². The summed E-state index contributed by atoms with van der Waals surface area (Å²) < 4.78 is 0. The summed E-state index contributed by atoms with van der Waals surface area (Å²) >= 11 is 1.67. The van der Waals surface area contributed by atoms with Crippen molar-refractivity contribution in [2.24, 2.45) is 0 Å². The molecule has 2 aromatic carbocycles. The number of hydrogen-bond donors (Lipinski definition) is 3. The van der Waals surface area contributed by atoms with E-state index in [-0.39, 0.29) is 0 Å². The van der Waals surface area contributed by atoms with E-state index < -0.39 is 6.23 Å². The third kappa shape index (κ3) is 5.63. The van der Waals surface area contributed by atoms with Gasteiger partial charge in [0.05, 0.1) is 5.69 Å². The number of hydrogen-bond acceptors (Lipinski definition) is 6. The van der Waals surface area contributed by atoms with Crippen LogP contribution in [0.25, 0.3) is 10.8 Å². The topological polar surface area (TPSA) is 74.4 Å². The highest BCUT2D eigenvalue weighted by molar-refractivity contribution is 7.15. The number of thiazole rings is 1. The molecule has 0 radical (unpaired) electrons. The highest BCUT2D eigenvalue weighted by Crippen LogP contribution is 2.30. The summed E-state index contributed by atoms with van der Waals surface area (Å²) in [4.78, 5) is 8.52. The van der Waals surface area contributed by atoms with E-state index in [0.717, 1.165) is 56.3 Å². The van der Waals surface area contributed by atoms with Gasteiger partial charge in [0.15, 0.2) is 5.13 Å². The van der Waals surface area contributed by atoms with E-state index in [1.165, 1.54) is 28.8 Å². The lowest BCUT2D eigenvalue weighted by Crippen LogP contribution is -2.40. The highest BCUT2D eigenvalue weighted by atomic mass is 32.1. The van der Waals surface area contributed by atoms with E-state index in [0.29, 0.717) is 11.2 Å². The zero-order valence-corrected chi connectivity index (χ0v) is 19.2. The van der Waals surface area contributed by atoms with Crippen LogP contribution in [-0.2, 0) is 12.8 Å². The SMILES string of the molecule is CCCN(CCCCNC(O)c1ccc2ccccc2c1)C1CCc2nc(N)sc2C1. The average Bonchev–Trinajstić information content (AvgIpc) is 3.16. The fourth-order valence-electron chi connectivity index (χ4n) is 4.63. The number of aryl methyl sites for hydroxylation is 1. The number of nitrogens with two attached hydrogens (primary N) is 1. The number of fused-ring (bicyclic) bond motifs is 2. The first-order valence-electron chi connectivity index (χ1n) is 11.5. The lowest BCUT2D eigenvalue weighted by atomic mass is 9.96. The van der Waals surface area contributed by atoms with Gasteiger partial charge < -0.3 is 15.7 Å². The van der Waals surface area contributed by atoms with Gasteiger partial charge in [0.1, 0.15) is 6.23 Å². The molecule has 0 aliphatic heterocycles. The van der Waals surface area contributed by atoms with E-state index >= 15 is 0 Å². The molecule has 6 heteroatoms. The second-order valence-electron chi connectivity index (χ2n) is 8.52. The van der Waals surface area contributed by atoms with Crippen molar-refractivity contribution in [1.29, 1.82) is 0 Å². The van der Waals surface area contributed by atoms with Gasteiger partial charge in [0, 0.05) is 10.9 Å². The lowest BCUT2D eigenvalue weighted by Gasteiger charge is -2.33. The summed E-state index contributed by atoms with van der Waals surface area (Å²) in [6, 6.07) is 15.0. The maximum Gasteiger partial charge on any atom is 0.180 e. The summed E-state index contributed by atoms with van der Waals surface area (Å²) in [6.45, 7) is 5.32. The lowest BCUT2D eigenvalue weighted by molar-refractivity contribution is 0.136. The molecule has 3 aromatic rings. The van der Waals surface area contributed by atoms with Crippen molar-refractivity contribution in [1.82, 2.24) is 15.2 Å². The Kier molecular flexibility index (Phi) is 7.56. The maximum absolute atomic E-state index is 10.5. The van der Waals surface area contributed by atoms with Crippen LogP contribution in [0.1, 0.15) is 55.0 Å². The Morgan fingerprint density at radius 1 is 1.19 bits per heavy atom. The number of nitrogen functional groups attached to an aromatic ring is 1. The predicted molar refractivity (Wildman–Crippen MR) is 130 cm³/mol.